The molecule has 0 aromatic carbocycles. The molecule has 10 nitrogen and oxygen atoms in total. The van der Waals surface area contributed by atoms with Crippen molar-refractivity contribution < 1.29 is 19.2 Å². The monoisotopic (exact) mass is 637 g/mol. The molecule has 1 unspecified atom stereocenters. The molecule has 0 spiro atoms. The van der Waals surface area contributed by atoms with Crippen molar-refractivity contribution in [1.82, 2.24) is 30.2 Å². The van der Waals surface area contributed by atoms with Gasteiger partial charge in [-0.1, -0.05) is 61.0 Å². The van der Waals surface area contributed by atoms with Gasteiger partial charge in [0.05, 0.1) is 12.6 Å². The molecule has 262 valence electrons. The van der Waals surface area contributed by atoms with Gasteiger partial charge < -0.3 is 30.2 Å². The molecule has 45 heavy (non-hydrogen) atoms. The second-order valence-corrected chi connectivity index (χ2v) is 13.5. The Morgan fingerprint density at radius 2 is 1.49 bits per heavy atom. The number of piperidine rings is 1. The standard InChI is InChI=1S/C23H41N5O4.C8H17N.C4H10/c1-7-27(8-2)13-11-25-22(31)19-10-9-12-28(19)23(32)18(5)14-20(17(3)4)26(6)21(30)15-24-16-29;1-8(2)9-6-4-3-5-7-9;1-4(2)3/h14,16-17,19-20H,7-13,15H2,1-6H3,(H,24,29)(H,25,31);8H,3-7H2,1-2H3;4H,1-3H3/b18-14+;;/t19-,20?;;/m0../s1. The molecule has 0 aromatic heterocycles. The molecule has 2 aliphatic heterocycles. The van der Waals surface area contributed by atoms with Crippen LogP contribution in [0.25, 0.3) is 0 Å². The number of nitrogens with one attached hydrogen (secondary N) is 2. The molecule has 4 amide bonds. The smallest absolute Gasteiger partial charge is 0.249 e. The molecule has 2 N–H and O–H groups in total. The van der Waals surface area contributed by atoms with Crippen LogP contribution < -0.4 is 10.6 Å². The quantitative estimate of drug-likeness (QED) is 0.219. The third-order valence-corrected chi connectivity index (χ3v) is 8.18. The van der Waals surface area contributed by atoms with Gasteiger partial charge in [0.25, 0.3) is 0 Å². The lowest BCUT2D eigenvalue weighted by molar-refractivity contribution is -0.135. The fourth-order valence-corrected chi connectivity index (χ4v) is 5.44. The molecule has 0 saturated carbocycles. The summed E-state index contributed by atoms with van der Waals surface area (Å²) in [7, 11) is 1.66. The first-order chi connectivity index (χ1) is 21.2. The Labute approximate surface area is 275 Å². The van der Waals surface area contributed by atoms with Crippen molar-refractivity contribution in [3.8, 4) is 0 Å². The number of likely N-dealkylation sites (tertiary alicyclic amines) is 2. The predicted octanol–water partition coefficient (Wildman–Crippen LogP) is 4.15. The van der Waals surface area contributed by atoms with Gasteiger partial charge in [-0.2, -0.15) is 0 Å². The second-order valence-electron chi connectivity index (χ2n) is 13.5. The highest BCUT2D eigenvalue weighted by atomic mass is 16.2. The van der Waals surface area contributed by atoms with Gasteiger partial charge in [-0.3, -0.25) is 19.2 Å². The molecule has 2 aliphatic rings. The van der Waals surface area contributed by atoms with E-state index in [0.717, 1.165) is 38.0 Å². The number of nitrogens with zero attached hydrogens (tertiary/aromatic N) is 4. The Morgan fingerprint density at radius 3 is 1.96 bits per heavy atom. The van der Waals surface area contributed by atoms with Gasteiger partial charge in [-0.15, -0.1) is 0 Å². The van der Waals surface area contributed by atoms with E-state index in [4.69, 9.17) is 0 Å². The Balaban J connectivity index is 0.00000123. The maximum atomic E-state index is 13.2. The van der Waals surface area contributed by atoms with Crippen LogP contribution in [0, 0.1) is 11.8 Å². The van der Waals surface area contributed by atoms with Crippen LogP contribution in [0.4, 0.5) is 0 Å². The van der Waals surface area contributed by atoms with E-state index in [1.807, 2.05) is 13.8 Å². The van der Waals surface area contributed by atoms with Gasteiger partial charge in [0.1, 0.15) is 6.04 Å². The van der Waals surface area contributed by atoms with Crippen molar-refractivity contribution >= 4 is 24.1 Å². The van der Waals surface area contributed by atoms with E-state index in [-0.39, 0.29) is 36.2 Å². The van der Waals surface area contributed by atoms with E-state index in [1.165, 1.54) is 32.4 Å². The fourth-order valence-electron chi connectivity index (χ4n) is 5.44. The average molecular weight is 637 g/mol. The summed E-state index contributed by atoms with van der Waals surface area (Å²) < 4.78 is 0. The lowest BCUT2D eigenvalue weighted by atomic mass is 9.99. The number of rotatable bonds is 14. The highest BCUT2D eigenvalue weighted by Gasteiger charge is 2.35. The molecule has 2 heterocycles. The maximum absolute atomic E-state index is 13.2. The van der Waals surface area contributed by atoms with Gasteiger partial charge >= 0.3 is 0 Å². The van der Waals surface area contributed by atoms with Crippen molar-refractivity contribution in [1.29, 1.82) is 0 Å². The lowest BCUT2D eigenvalue weighted by Crippen LogP contribution is -2.48. The van der Waals surface area contributed by atoms with Crippen LogP contribution >= 0.6 is 0 Å². The zero-order valence-electron chi connectivity index (χ0n) is 30.7. The Kier molecular flexibility index (Phi) is 22.5. The van der Waals surface area contributed by atoms with E-state index in [0.29, 0.717) is 31.5 Å². The SMILES string of the molecule is CC(C)C.CC(C)N1CCCCC1.CCN(CC)CCNC(=O)[C@@H]1CCCN1C(=O)/C(C)=C/C(C(C)C)N(C)C(=O)CNC=O. The number of carbonyl (C=O) groups is 4. The first-order valence-electron chi connectivity index (χ1n) is 17.4. The van der Waals surface area contributed by atoms with Crippen molar-refractivity contribution in [3.63, 3.8) is 0 Å². The first-order valence-corrected chi connectivity index (χ1v) is 17.4. The van der Waals surface area contributed by atoms with Crippen LogP contribution in [0.5, 0.6) is 0 Å². The number of amides is 4. The zero-order chi connectivity index (χ0) is 34.5. The molecule has 10 heteroatoms. The van der Waals surface area contributed by atoms with Crippen LogP contribution in [0.3, 0.4) is 0 Å². The van der Waals surface area contributed by atoms with Crippen molar-refractivity contribution in [2.75, 3.05) is 59.4 Å². The number of hydrogen-bond donors (Lipinski definition) is 2. The summed E-state index contributed by atoms with van der Waals surface area (Å²) >= 11 is 0. The molecule has 0 radical (unpaired) electrons. The zero-order valence-corrected chi connectivity index (χ0v) is 30.7. The topological polar surface area (TPSA) is 105 Å². The third kappa shape index (κ3) is 17.1. The summed E-state index contributed by atoms with van der Waals surface area (Å²) in [5, 5.41) is 5.35. The molecular weight excluding hydrogens is 568 g/mol. The largest absolute Gasteiger partial charge is 0.353 e. The van der Waals surface area contributed by atoms with E-state index < -0.39 is 6.04 Å². The molecule has 0 bridgehead atoms. The number of hydrogen-bond acceptors (Lipinski definition) is 6. The average Bonchev–Trinajstić information content (AvgIpc) is 3.50. The predicted molar refractivity (Wildman–Crippen MR) is 186 cm³/mol. The summed E-state index contributed by atoms with van der Waals surface area (Å²) in [4.78, 5) is 56.7. The number of likely N-dealkylation sites (N-methyl/N-ethyl adjacent to an activating group) is 2. The summed E-state index contributed by atoms with van der Waals surface area (Å²) in [6, 6.07) is 0.00496. The van der Waals surface area contributed by atoms with Crippen molar-refractivity contribution in [2.45, 2.75) is 119 Å². The first kappa shape index (κ1) is 42.5. The molecule has 2 atom stereocenters. The molecule has 2 saturated heterocycles. The number of carbonyl (C=O) groups excluding carboxylic acids is 4. The summed E-state index contributed by atoms with van der Waals surface area (Å²) in [5.74, 6) is 0.381. The highest BCUT2D eigenvalue weighted by Crippen LogP contribution is 2.21. The molecule has 0 aliphatic carbocycles. The fraction of sp³-hybridized carbons (Fsp3) is 0.829. The van der Waals surface area contributed by atoms with E-state index >= 15 is 0 Å². The van der Waals surface area contributed by atoms with Crippen LogP contribution in [-0.4, -0.2) is 121 Å². The molecule has 2 fully saturated rings. The summed E-state index contributed by atoms with van der Waals surface area (Å²) in [6.45, 7) is 27.2. The van der Waals surface area contributed by atoms with E-state index in [9.17, 15) is 19.2 Å². The Morgan fingerprint density at radius 1 is 0.911 bits per heavy atom. The van der Waals surface area contributed by atoms with Gasteiger partial charge in [-0.25, -0.2) is 0 Å². The van der Waals surface area contributed by atoms with Crippen molar-refractivity contribution in [3.05, 3.63) is 11.6 Å². The normalized spacial score (nSPS) is 17.8. The van der Waals surface area contributed by atoms with Gasteiger partial charge in [0.15, 0.2) is 0 Å². The van der Waals surface area contributed by atoms with Crippen LogP contribution in [0.15, 0.2) is 11.6 Å². The van der Waals surface area contributed by atoms with Gasteiger partial charge in [0, 0.05) is 38.3 Å². The lowest BCUT2D eigenvalue weighted by Gasteiger charge is -2.30. The van der Waals surface area contributed by atoms with Crippen LogP contribution in [0.2, 0.25) is 0 Å². The van der Waals surface area contributed by atoms with E-state index in [2.05, 4.69) is 68.9 Å². The summed E-state index contributed by atoms with van der Waals surface area (Å²) in [5.41, 5.74) is 0.509. The van der Waals surface area contributed by atoms with E-state index in [1.54, 1.807) is 29.8 Å². The Hall–Kier alpha value is -2.46. The molecular formula is C35H68N6O4. The summed E-state index contributed by atoms with van der Waals surface area (Å²) in [6.07, 6.45) is 8.00. The minimum absolute atomic E-state index is 0.0701. The van der Waals surface area contributed by atoms with Crippen LogP contribution in [0.1, 0.15) is 101 Å². The molecule has 0 aromatic rings. The molecule has 2 rings (SSSR count). The third-order valence-electron chi connectivity index (χ3n) is 8.18. The second kappa shape index (κ2) is 23.8. The Bertz CT molecular complexity index is 879. The minimum Gasteiger partial charge on any atom is -0.353 e. The van der Waals surface area contributed by atoms with Crippen molar-refractivity contribution in [2.24, 2.45) is 11.8 Å². The minimum atomic E-state index is -0.462. The highest BCUT2D eigenvalue weighted by molar-refractivity contribution is 5.97. The van der Waals surface area contributed by atoms with Gasteiger partial charge in [-0.05, 0) is 84.5 Å². The van der Waals surface area contributed by atoms with Crippen LogP contribution in [-0.2, 0) is 19.2 Å². The van der Waals surface area contributed by atoms with Gasteiger partial charge in [0.2, 0.25) is 24.1 Å². The maximum Gasteiger partial charge on any atom is 0.249 e.